The minimum Gasteiger partial charge on any atom is -0.490 e. The van der Waals surface area contributed by atoms with Crippen molar-refractivity contribution in [1.29, 1.82) is 0 Å². The minimum absolute atomic E-state index is 0.206. The van der Waals surface area contributed by atoms with Gasteiger partial charge in [-0.3, -0.25) is 4.79 Å². The number of hydrogen-bond acceptors (Lipinski definition) is 6. The van der Waals surface area contributed by atoms with E-state index < -0.39 is 0 Å². The lowest BCUT2D eigenvalue weighted by Gasteiger charge is -2.13. The SMILES string of the molecule is CCOc1cc(C=CC(=O)NCc2ccc(OC)nc2)ccc1OCCOc1ccccc1. The zero-order valence-electron chi connectivity index (χ0n) is 18.8. The fourth-order valence-corrected chi connectivity index (χ4v) is 2.90. The van der Waals surface area contributed by atoms with Crippen LogP contribution in [0.5, 0.6) is 23.1 Å². The molecule has 0 aliphatic heterocycles. The zero-order chi connectivity index (χ0) is 23.3. The fourth-order valence-electron chi connectivity index (χ4n) is 2.90. The molecule has 2 aromatic carbocycles. The van der Waals surface area contributed by atoms with E-state index in [0.29, 0.717) is 43.7 Å². The predicted octanol–water partition coefficient (Wildman–Crippen LogP) is 4.28. The number of benzene rings is 2. The number of para-hydroxylation sites is 1. The van der Waals surface area contributed by atoms with Gasteiger partial charge in [-0.1, -0.05) is 30.3 Å². The highest BCUT2D eigenvalue weighted by atomic mass is 16.5. The molecule has 0 saturated carbocycles. The number of carbonyl (C=O) groups excluding carboxylic acids is 1. The number of rotatable bonds is 12. The van der Waals surface area contributed by atoms with Crippen LogP contribution in [-0.2, 0) is 11.3 Å². The molecular weight excluding hydrogens is 420 g/mol. The van der Waals surface area contributed by atoms with Crippen LogP contribution in [0.1, 0.15) is 18.1 Å². The molecule has 3 aromatic rings. The van der Waals surface area contributed by atoms with Crippen LogP contribution >= 0.6 is 0 Å². The van der Waals surface area contributed by atoms with Gasteiger partial charge in [-0.05, 0) is 48.4 Å². The Labute approximate surface area is 194 Å². The van der Waals surface area contributed by atoms with Gasteiger partial charge in [0, 0.05) is 24.9 Å². The van der Waals surface area contributed by atoms with Gasteiger partial charge in [0.25, 0.3) is 0 Å². The molecule has 0 aliphatic carbocycles. The number of amides is 1. The van der Waals surface area contributed by atoms with E-state index in [4.69, 9.17) is 18.9 Å². The summed E-state index contributed by atoms with van der Waals surface area (Å²) in [5.74, 6) is 2.37. The molecule has 172 valence electrons. The van der Waals surface area contributed by atoms with Crippen molar-refractivity contribution in [2.24, 2.45) is 0 Å². The highest BCUT2D eigenvalue weighted by molar-refractivity contribution is 5.91. The fraction of sp³-hybridized carbons (Fsp3) is 0.231. The monoisotopic (exact) mass is 448 g/mol. The maximum Gasteiger partial charge on any atom is 0.244 e. The van der Waals surface area contributed by atoms with Crippen molar-refractivity contribution < 1.29 is 23.7 Å². The van der Waals surface area contributed by atoms with Crippen LogP contribution in [0, 0.1) is 0 Å². The van der Waals surface area contributed by atoms with E-state index in [2.05, 4.69) is 10.3 Å². The first-order chi connectivity index (χ1) is 16.2. The summed E-state index contributed by atoms with van der Waals surface area (Å²) in [6, 6.07) is 18.7. The Kier molecular flexibility index (Phi) is 9.15. The Morgan fingerprint density at radius 2 is 1.79 bits per heavy atom. The summed E-state index contributed by atoms with van der Waals surface area (Å²) in [7, 11) is 1.56. The van der Waals surface area contributed by atoms with Crippen molar-refractivity contribution in [3.05, 3.63) is 84.1 Å². The highest BCUT2D eigenvalue weighted by Gasteiger charge is 2.07. The number of ether oxygens (including phenoxy) is 4. The van der Waals surface area contributed by atoms with Gasteiger partial charge in [0.15, 0.2) is 11.5 Å². The van der Waals surface area contributed by atoms with E-state index in [9.17, 15) is 4.79 Å². The summed E-state index contributed by atoms with van der Waals surface area (Å²) < 4.78 is 22.2. The van der Waals surface area contributed by atoms with Gasteiger partial charge in [0.1, 0.15) is 19.0 Å². The molecule has 1 aromatic heterocycles. The standard InChI is InChI=1S/C26H28N2O5/c1-3-31-24-17-20(9-12-23(24)33-16-15-32-22-7-5-4-6-8-22)10-13-25(29)27-18-21-11-14-26(30-2)28-19-21/h4-14,17,19H,3,15-16,18H2,1-2H3,(H,27,29). The summed E-state index contributed by atoms with van der Waals surface area (Å²) in [5.41, 5.74) is 1.71. The lowest BCUT2D eigenvalue weighted by Crippen LogP contribution is -2.20. The van der Waals surface area contributed by atoms with Crippen molar-refractivity contribution in [2.45, 2.75) is 13.5 Å². The van der Waals surface area contributed by atoms with Crippen molar-refractivity contribution in [1.82, 2.24) is 10.3 Å². The predicted molar refractivity (Wildman–Crippen MR) is 127 cm³/mol. The average molecular weight is 449 g/mol. The second-order valence-corrected chi connectivity index (χ2v) is 6.91. The van der Waals surface area contributed by atoms with E-state index in [-0.39, 0.29) is 5.91 Å². The van der Waals surface area contributed by atoms with Gasteiger partial charge in [0.05, 0.1) is 13.7 Å². The van der Waals surface area contributed by atoms with Crippen LogP contribution in [0.4, 0.5) is 0 Å². The quantitative estimate of drug-likeness (QED) is 0.329. The second-order valence-electron chi connectivity index (χ2n) is 6.91. The first-order valence-electron chi connectivity index (χ1n) is 10.7. The first kappa shape index (κ1) is 23.7. The number of aromatic nitrogens is 1. The number of hydrogen-bond donors (Lipinski definition) is 1. The second kappa shape index (κ2) is 12.8. The summed E-state index contributed by atoms with van der Waals surface area (Å²) in [6.07, 6.45) is 4.88. The number of carbonyl (C=O) groups is 1. The molecule has 0 spiro atoms. The van der Waals surface area contributed by atoms with Gasteiger partial charge in [-0.25, -0.2) is 4.98 Å². The number of nitrogens with zero attached hydrogens (tertiary/aromatic N) is 1. The van der Waals surface area contributed by atoms with Crippen molar-refractivity contribution in [3.63, 3.8) is 0 Å². The number of methoxy groups -OCH3 is 1. The van der Waals surface area contributed by atoms with Gasteiger partial charge < -0.3 is 24.3 Å². The normalized spacial score (nSPS) is 10.6. The molecule has 0 aliphatic rings. The van der Waals surface area contributed by atoms with Crippen molar-refractivity contribution in [2.75, 3.05) is 26.9 Å². The van der Waals surface area contributed by atoms with Crippen LogP contribution in [0.3, 0.4) is 0 Å². The largest absolute Gasteiger partial charge is 0.490 e. The van der Waals surface area contributed by atoms with Crippen molar-refractivity contribution in [3.8, 4) is 23.1 Å². The van der Waals surface area contributed by atoms with E-state index >= 15 is 0 Å². The summed E-state index contributed by atoms with van der Waals surface area (Å²) in [5, 5.41) is 2.83. The smallest absolute Gasteiger partial charge is 0.244 e. The van der Waals surface area contributed by atoms with Gasteiger partial charge >= 0.3 is 0 Å². The average Bonchev–Trinajstić information content (AvgIpc) is 2.86. The van der Waals surface area contributed by atoms with Crippen LogP contribution in [-0.4, -0.2) is 37.8 Å². The van der Waals surface area contributed by atoms with E-state index in [1.54, 1.807) is 25.4 Å². The van der Waals surface area contributed by atoms with Crippen LogP contribution in [0.25, 0.3) is 6.08 Å². The van der Waals surface area contributed by atoms with E-state index in [1.807, 2.05) is 61.5 Å². The summed E-state index contributed by atoms with van der Waals surface area (Å²) >= 11 is 0. The molecule has 0 bridgehead atoms. The molecule has 0 radical (unpaired) electrons. The first-order valence-corrected chi connectivity index (χ1v) is 10.7. The maximum absolute atomic E-state index is 12.2. The molecule has 3 rings (SSSR count). The Morgan fingerprint density at radius 3 is 2.52 bits per heavy atom. The molecular formula is C26H28N2O5. The van der Waals surface area contributed by atoms with Crippen molar-refractivity contribution >= 4 is 12.0 Å². The Hall–Kier alpha value is -4.00. The molecule has 33 heavy (non-hydrogen) atoms. The minimum atomic E-state index is -0.206. The molecule has 0 fully saturated rings. The molecule has 0 atom stereocenters. The molecule has 0 unspecified atom stereocenters. The molecule has 7 heteroatoms. The Morgan fingerprint density at radius 1 is 0.970 bits per heavy atom. The molecule has 1 amide bonds. The van der Waals surface area contributed by atoms with Crippen LogP contribution in [0.2, 0.25) is 0 Å². The third-order valence-electron chi connectivity index (χ3n) is 4.52. The van der Waals surface area contributed by atoms with Crippen LogP contribution < -0.4 is 24.3 Å². The third-order valence-corrected chi connectivity index (χ3v) is 4.52. The lowest BCUT2D eigenvalue weighted by atomic mass is 10.2. The van der Waals surface area contributed by atoms with Gasteiger partial charge in [-0.15, -0.1) is 0 Å². The highest BCUT2D eigenvalue weighted by Crippen LogP contribution is 2.29. The number of pyridine rings is 1. The lowest BCUT2D eigenvalue weighted by molar-refractivity contribution is -0.116. The zero-order valence-corrected chi connectivity index (χ0v) is 18.8. The Bertz CT molecular complexity index is 1040. The Balaban J connectivity index is 1.51. The molecule has 1 N–H and O–H groups in total. The van der Waals surface area contributed by atoms with E-state index in [1.165, 1.54) is 6.08 Å². The number of nitrogens with one attached hydrogen (secondary N) is 1. The van der Waals surface area contributed by atoms with E-state index in [0.717, 1.165) is 16.9 Å². The molecule has 1 heterocycles. The summed E-state index contributed by atoms with van der Waals surface area (Å²) in [4.78, 5) is 16.3. The van der Waals surface area contributed by atoms with Crippen LogP contribution in [0.15, 0.2) is 72.9 Å². The third kappa shape index (κ3) is 7.88. The topological polar surface area (TPSA) is 78.9 Å². The molecule has 0 saturated heterocycles. The van der Waals surface area contributed by atoms with Gasteiger partial charge in [-0.2, -0.15) is 0 Å². The van der Waals surface area contributed by atoms with Gasteiger partial charge in [0.2, 0.25) is 11.8 Å². The molecule has 7 nitrogen and oxygen atoms in total. The maximum atomic E-state index is 12.2. The summed E-state index contributed by atoms with van der Waals surface area (Å²) in [6.45, 7) is 3.59.